The molecule has 0 saturated carbocycles. The average Bonchev–Trinajstić information content (AvgIpc) is 2.48. The number of rotatable bonds is 2. The Labute approximate surface area is 125 Å². The molecule has 21 heavy (non-hydrogen) atoms. The summed E-state index contributed by atoms with van der Waals surface area (Å²) in [6, 6.07) is -0.552. The number of carbonyl (C=O) groups is 2. The number of nitrogens with zero attached hydrogens (tertiary/aromatic N) is 3. The number of urea groups is 1. The molecule has 2 rings (SSSR count). The maximum Gasteiger partial charge on any atom is 0.320 e. The van der Waals surface area contributed by atoms with Crippen LogP contribution in [0.15, 0.2) is 0 Å². The van der Waals surface area contributed by atoms with Crippen LogP contribution in [0.2, 0.25) is 0 Å². The minimum atomic E-state index is -0.831. The largest absolute Gasteiger partial charge is 0.480 e. The van der Waals surface area contributed by atoms with E-state index < -0.39 is 18.1 Å². The standard InChI is InChI=1S/C14H25N3O4/c1-10-3-4-17(9-12(10)18)14(21)16-7-5-15(6-8-16)11(2)13(19)20/h10-12,18H,3-9H2,1-2H3,(H,19,20). The van der Waals surface area contributed by atoms with Gasteiger partial charge >= 0.3 is 12.0 Å². The molecule has 2 saturated heterocycles. The van der Waals surface area contributed by atoms with E-state index in [1.165, 1.54) is 0 Å². The predicted octanol–water partition coefficient (Wildman–Crippen LogP) is -0.100. The summed E-state index contributed by atoms with van der Waals surface area (Å²) in [4.78, 5) is 28.7. The molecule has 0 spiro atoms. The van der Waals surface area contributed by atoms with Crippen molar-refractivity contribution in [2.45, 2.75) is 32.4 Å². The molecule has 7 nitrogen and oxygen atoms in total. The summed E-state index contributed by atoms with van der Waals surface area (Å²) >= 11 is 0. The molecule has 2 aliphatic heterocycles. The van der Waals surface area contributed by atoms with Gasteiger partial charge in [-0.3, -0.25) is 9.69 Å². The van der Waals surface area contributed by atoms with Gasteiger partial charge in [0.25, 0.3) is 0 Å². The average molecular weight is 299 g/mol. The first-order chi connectivity index (χ1) is 9.90. The first kappa shape index (κ1) is 16.0. The number of amides is 2. The van der Waals surface area contributed by atoms with Crippen LogP contribution in [0.4, 0.5) is 4.79 Å². The molecule has 3 unspecified atom stereocenters. The molecule has 120 valence electrons. The van der Waals surface area contributed by atoms with Crippen molar-refractivity contribution >= 4 is 12.0 Å². The third-order valence-electron chi connectivity index (χ3n) is 4.68. The topological polar surface area (TPSA) is 84.3 Å². The highest BCUT2D eigenvalue weighted by atomic mass is 16.4. The third-order valence-corrected chi connectivity index (χ3v) is 4.68. The third kappa shape index (κ3) is 3.65. The maximum absolute atomic E-state index is 12.4. The van der Waals surface area contributed by atoms with Crippen molar-refractivity contribution in [3.8, 4) is 0 Å². The molecule has 3 atom stereocenters. The van der Waals surface area contributed by atoms with Crippen LogP contribution in [-0.4, -0.2) is 88.3 Å². The number of carboxylic acids is 1. The van der Waals surface area contributed by atoms with Crippen molar-refractivity contribution in [1.82, 2.24) is 14.7 Å². The number of β-amino-alcohol motifs (C(OH)–C–C–N with tert-alkyl or cyclic N) is 1. The second-order valence-corrected chi connectivity index (χ2v) is 6.10. The van der Waals surface area contributed by atoms with Crippen LogP contribution in [0.1, 0.15) is 20.3 Å². The second kappa shape index (κ2) is 6.62. The molecule has 0 radical (unpaired) electrons. The van der Waals surface area contributed by atoms with Crippen molar-refractivity contribution < 1.29 is 19.8 Å². The van der Waals surface area contributed by atoms with E-state index >= 15 is 0 Å². The number of carboxylic acid groups (broad SMARTS) is 1. The summed E-state index contributed by atoms with van der Waals surface area (Å²) in [6.45, 7) is 6.98. The minimum absolute atomic E-state index is 0.0384. The Morgan fingerprint density at radius 3 is 2.24 bits per heavy atom. The summed E-state index contributed by atoms with van der Waals surface area (Å²) < 4.78 is 0. The quantitative estimate of drug-likeness (QED) is 0.744. The fourth-order valence-electron chi connectivity index (χ4n) is 2.88. The van der Waals surface area contributed by atoms with Gasteiger partial charge in [-0.25, -0.2) is 4.79 Å². The number of hydrogen-bond donors (Lipinski definition) is 2. The molecule has 0 aliphatic carbocycles. The Kier molecular flexibility index (Phi) is 5.05. The van der Waals surface area contributed by atoms with E-state index in [2.05, 4.69) is 0 Å². The van der Waals surface area contributed by atoms with Crippen LogP contribution in [0.3, 0.4) is 0 Å². The molecular weight excluding hydrogens is 274 g/mol. The molecule has 0 aromatic heterocycles. The van der Waals surface area contributed by atoms with E-state index in [1.807, 2.05) is 11.8 Å². The number of piperazine rings is 1. The number of carbonyl (C=O) groups excluding carboxylic acids is 1. The molecule has 2 fully saturated rings. The first-order valence-corrected chi connectivity index (χ1v) is 7.59. The zero-order valence-corrected chi connectivity index (χ0v) is 12.7. The molecule has 0 aromatic rings. The molecule has 7 heteroatoms. The van der Waals surface area contributed by atoms with Crippen molar-refractivity contribution in [3.05, 3.63) is 0 Å². The van der Waals surface area contributed by atoms with E-state index in [0.717, 1.165) is 6.42 Å². The van der Waals surface area contributed by atoms with Gasteiger partial charge in [0, 0.05) is 39.3 Å². The van der Waals surface area contributed by atoms with E-state index in [0.29, 0.717) is 39.3 Å². The molecule has 2 amide bonds. The number of aliphatic hydroxyl groups is 1. The predicted molar refractivity (Wildman–Crippen MR) is 77.0 cm³/mol. The van der Waals surface area contributed by atoms with Crippen LogP contribution in [0.5, 0.6) is 0 Å². The molecule has 0 aromatic carbocycles. The van der Waals surface area contributed by atoms with Gasteiger partial charge in [-0.2, -0.15) is 0 Å². The lowest BCUT2D eigenvalue weighted by Gasteiger charge is -2.41. The van der Waals surface area contributed by atoms with Crippen molar-refractivity contribution in [2.75, 3.05) is 39.3 Å². The minimum Gasteiger partial charge on any atom is -0.480 e. The van der Waals surface area contributed by atoms with E-state index in [1.54, 1.807) is 16.7 Å². The molecule has 0 bridgehead atoms. The summed E-state index contributed by atoms with van der Waals surface area (Å²) in [5.41, 5.74) is 0. The first-order valence-electron chi connectivity index (χ1n) is 7.59. The maximum atomic E-state index is 12.4. The van der Waals surface area contributed by atoms with Crippen molar-refractivity contribution in [3.63, 3.8) is 0 Å². The van der Waals surface area contributed by atoms with Gasteiger partial charge in [0.2, 0.25) is 0 Å². The van der Waals surface area contributed by atoms with Gasteiger partial charge in [-0.15, -0.1) is 0 Å². The van der Waals surface area contributed by atoms with Gasteiger partial charge in [0.1, 0.15) is 6.04 Å². The summed E-state index contributed by atoms with van der Waals surface area (Å²) in [6.07, 6.45) is 0.374. The van der Waals surface area contributed by atoms with E-state index in [4.69, 9.17) is 5.11 Å². The zero-order chi connectivity index (χ0) is 15.6. The molecule has 2 heterocycles. The van der Waals surface area contributed by atoms with Crippen molar-refractivity contribution in [2.24, 2.45) is 5.92 Å². The van der Waals surface area contributed by atoms with Crippen molar-refractivity contribution in [1.29, 1.82) is 0 Å². The van der Waals surface area contributed by atoms with Gasteiger partial charge in [-0.05, 0) is 19.3 Å². The van der Waals surface area contributed by atoms with Crippen LogP contribution >= 0.6 is 0 Å². The number of piperidine rings is 1. The van der Waals surface area contributed by atoms with Gasteiger partial charge < -0.3 is 20.0 Å². The molecule has 2 N–H and O–H groups in total. The normalized spacial score (nSPS) is 29.3. The van der Waals surface area contributed by atoms with Gasteiger partial charge in [0.15, 0.2) is 0 Å². The number of likely N-dealkylation sites (tertiary alicyclic amines) is 1. The lowest BCUT2D eigenvalue weighted by molar-refractivity contribution is -0.143. The lowest BCUT2D eigenvalue weighted by Crippen LogP contribution is -2.57. The highest BCUT2D eigenvalue weighted by Crippen LogP contribution is 2.19. The Bertz CT molecular complexity index is 396. The smallest absolute Gasteiger partial charge is 0.320 e. The van der Waals surface area contributed by atoms with Crippen LogP contribution < -0.4 is 0 Å². The number of aliphatic carboxylic acids is 1. The van der Waals surface area contributed by atoms with Gasteiger partial charge in [0.05, 0.1) is 6.10 Å². The summed E-state index contributed by atoms with van der Waals surface area (Å²) in [5.74, 6) is -0.592. The highest BCUT2D eigenvalue weighted by Gasteiger charge is 2.32. The summed E-state index contributed by atoms with van der Waals surface area (Å²) in [7, 11) is 0. The lowest BCUT2D eigenvalue weighted by atomic mass is 9.96. The highest BCUT2D eigenvalue weighted by molar-refractivity contribution is 5.75. The zero-order valence-electron chi connectivity index (χ0n) is 12.7. The number of hydrogen-bond acceptors (Lipinski definition) is 4. The van der Waals surface area contributed by atoms with Crippen LogP contribution in [0.25, 0.3) is 0 Å². The molecular formula is C14H25N3O4. The second-order valence-electron chi connectivity index (χ2n) is 6.10. The van der Waals surface area contributed by atoms with E-state index in [9.17, 15) is 14.7 Å². The monoisotopic (exact) mass is 299 g/mol. The Morgan fingerprint density at radius 1 is 1.10 bits per heavy atom. The fourth-order valence-corrected chi connectivity index (χ4v) is 2.88. The Morgan fingerprint density at radius 2 is 1.71 bits per heavy atom. The Balaban J connectivity index is 1.84. The van der Waals surface area contributed by atoms with Gasteiger partial charge in [-0.1, -0.05) is 6.92 Å². The fraction of sp³-hybridized carbons (Fsp3) is 0.857. The number of aliphatic hydroxyl groups excluding tert-OH is 1. The summed E-state index contributed by atoms with van der Waals surface area (Å²) in [5, 5.41) is 18.9. The van der Waals surface area contributed by atoms with Crippen LogP contribution in [0, 0.1) is 5.92 Å². The van der Waals surface area contributed by atoms with E-state index in [-0.39, 0.29) is 11.9 Å². The molecule has 2 aliphatic rings. The Hall–Kier alpha value is -1.34. The SMILES string of the molecule is CC1CCN(C(=O)N2CCN(C(C)C(=O)O)CC2)CC1O. The van der Waals surface area contributed by atoms with Crippen LogP contribution in [-0.2, 0) is 4.79 Å².